The van der Waals surface area contributed by atoms with E-state index in [2.05, 4.69) is 41.3 Å². The summed E-state index contributed by atoms with van der Waals surface area (Å²) in [6.07, 6.45) is 8.25. The summed E-state index contributed by atoms with van der Waals surface area (Å²) in [5.41, 5.74) is 1.76. The molecule has 9 rings (SSSR count). The topological polar surface area (TPSA) is 370 Å². The zero-order chi connectivity index (χ0) is 71.1. The van der Waals surface area contributed by atoms with E-state index in [4.69, 9.17) is 44.6 Å². The van der Waals surface area contributed by atoms with Gasteiger partial charge in [-0.05, 0) is 134 Å². The Hall–Kier alpha value is -9.32. The number of thiazole rings is 2. The number of carbonyl (C=O) groups is 4. The molecule has 34 heteroatoms. The lowest BCUT2D eigenvalue weighted by atomic mass is 10.1. The number of piperidine rings is 2. The van der Waals surface area contributed by atoms with Crippen LogP contribution in [-0.4, -0.2) is 147 Å². The summed E-state index contributed by atoms with van der Waals surface area (Å²) in [6.45, 7) is 17.5. The molecular formula is C65H77N17O12S5. The van der Waals surface area contributed by atoms with Gasteiger partial charge < -0.3 is 50.3 Å². The molecule has 2 aliphatic rings. The molecule has 2 aliphatic heterocycles. The molecule has 524 valence electrons. The number of aromatic nitrogens is 5. The number of azo groups is 2. The van der Waals surface area contributed by atoms with E-state index in [1.165, 1.54) is 74.2 Å². The van der Waals surface area contributed by atoms with E-state index >= 15 is 0 Å². The monoisotopic (exact) mass is 1450 g/mol. The highest BCUT2D eigenvalue weighted by molar-refractivity contribution is 7.99. The zero-order valence-electron chi connectivity index (χ0n) is 56.0. The molecule has 0 radical (unpaired) electrons. The van der Waals surface area contributed by atoms with E-state index in [-0.39, 0.29) is 56.1 Å². The first kappa shape index (κ1) is 73.9. The summed E-state index contributed by atoms with van der Waals surface area (Å²) in [5, 5.41) is 31.3. The van der Waals surface area contributed by atoms with Gasteiger partial charge >= 0.3 is 0 Å². The van der Waals surface area contributed by atoms with E-state index in [0.29, 0.717) is 108 Å². The van der Waals surface area contributed by atoms with Crippen LogP contribution in [0.2, 0.25) is 0 Å². The molecule has 0 aliphatic carbocycles. The maximum Gasteiger partial charge on any atom is 0.296 e. The fourth-order valence-electron chi connectivity index (χ4n) is 11.0. The standard InChI is InChI=1S/C65H77N17O12S5/c1-10-79(11-2)49-35-45(47(37-51(49)93-8)75-77-64-70-57(81-29-21-15-22-30-81)53(96-64)33-41(39(6)83)59(85)66-43-25-17-19-27-55(43)98(87,88)89)68-61-72-62(74-63(73-61)95-14-5)69-46-36-50(80(12-3)13-4)52(94-9)38-48(46)76-78-65-71-58(82-31-23-16-24-32-82)54(97-65)34-42(40(7)84)60(86)67-44-26-18-20-28-56(44)99(90,91)92/h17-20,25-28,33-38H,10-16,21-24,29-32H2,1-9H3,(H,66,85)(H,67,86)(H,87,88,89)(H,90,91,92)(H2,68,69,72,73,74). The highest BCUT2D eigenvalue weighted by Gasteiger charge is 2.28. The molecule has 2 amide bonds. The number of methoxy groups -OCH3 is 2. The number of Topliss-reactive ketones (excluding diaryl/α,β-unsaturated/α-hetero) is 2. The molecule has 5 heterocycles. The fraction of sp³-hybridized carbons (Fsp3) is 0.369. The maximum atomic E-state index is 13.9. The molecule has 0 saturated carbocycles. The number of nitrogens with one attached hydrogen (secondary N) is 4. The number of rotatable bonds is 30. The molecule has 2 saturated heterocycles. The lowest BCUT2D eigenvalue weighted by Gasteiger charge is -2.27. The Labute approximate surface area is 586 Å². The highest BCUT2D eigenvalue weighted by Crippen LogP contribution is 2.45. The van der Waals surface area contributed by atoms with Gasteiger partial charge in [-0.25, -0.2) is 0 Å². The number of amides is 2. The molecule has 0 atom stereocenters. The second kappa shape index (κ2) is 33.5. The molecule has 2 fully saturated rings. The minimum absolute atomic E-state index is 0.106. The third kappa shape index (κ3) is 18.5. The first-order chi connectivity index (χ1) is 47.5. The number of hydrogen-bond donors (Lipinski definition) is 6. The SMILES string of the molecule is CCSc1nc(Nc2cc(N(CC)CC)c(OC)cc2N=Nc2nc(N3CCCCC3)c(C=C(C(C)=O)C(=O)Nc3ccccc3S(=O)(=O)O)s2)nc(Nc2cc(N(CC)CC)c(OC)cc2N=Nc2nc(N3CCCCC3)c(C=C(C(C)=O)C(=O)Nc3ccccc3S(=O)(=O)O)s2)n1. The van der Waals surface area contributed by atoms with E-state index in [1.54, 1.807) is 26.4 Å². The van der Waals surface area contributed by atoms with Gasteiger partial charge in [-0.1, -0.05) is 65.6 Å². The first-order valence-corrected chi connectivity index (χ1v) is 37.4. The van der Waals surface area contributed by atoms with Crippen molar-refractivity contribution in [3.05, 3.63) is 93.7 Å². The summed E-state index contributed by atoms with van der Waals surface area (Å²) >= 11 is 3.52. The van der Waals surface area contributed by atoms with Gasteiger partial charge in [-0.2, -0.15) is 41.8 Å². The Kier molecular flexibility index (Phi) is 25.0. The van der Waals surface area contributed by atoms with Crippen molar-refractivity contribution in [1.29, 1.82) is 0 Å². The zero-order valence-corrected chi connectivity index (χ0v) is 60.1. The molecule has 0 spiro atoms. The third-order valence-corrected chi connectivity index (χ3v) is 20.2. The van der Waals surface area contributed by atoms with Crippen LogP contribution < -0.4 is 50.3 Å². The second-order valence-electron chi connectivity index (χ2n) is 22.3. The summed E-state index contributed by atoms with van der Waals surface area (Å²) in [7, 11) is -6.38. The Bertz CT molecular complexity index is 4230. The summed E-state index contributed by atoms with van der Waals surface area (Å²) in [6, 6.07) is 17.7. The molecule has 7 aromatic rings. The number of ether oxygens (including phenoxy) is 2. The molecule has 3 aromatic heterocycles. The van der Waals surface area contributed by atoms with Crippen molar-refractivity contribution in [1.82, 2.24) is 24.9 Å². The average molecular weight is 1450 g/mol. The first-order valence-electron chi connectivity index (χ1n) is 31.9. The molecule has 4 aromatic carbocycles. The predicted molar refractivity (Wildman–Crippen MR) is 388 cm³/mol. The van der Waals surface area contributed by atoms with Crippen molar-refractivity contribution < 1.29 is 54.6 Å². The van der Waals surface area contributed by atoms with Crippen LogP contribution in [0.15, 0.2) is 119 Å². The maximum absolute atomic E-state index is 13.9. The van der Waals surface area contributed by atoms with Gasteiger partial charge in [0.25, 0.3) is 32.1 Å². The normalized spacial score (nSPS) is 14.0. The number of carbonyl (C=O) groups excluding carboxylic acids is 4. The molecule has 0 bridgehead atoms. The Morgan fingerprint density at radius 2 is 0.939 bits per heavy atom. The van der Waals surface area contributed by atoms with Crippen LogP contribution in [0.25, 0.3) is 12.2 Å². The predicted octanol–water partition coefficient (Wildman–Crippen LogP) is 13.6. The molecular weight excluding hydrogens is 1370 g/mol. The smallest absolute Gasteiger partial charge is 0.296 e. The van der Waals surface area contributed by atoms with Crippen LogP contribution in [-0.2, 0) is 39.4 Å². The van der Waals surface area contributed by atoms with Crippen molar-refractivity contribution >= 4 is 169 Å². The van der Waals surface area contributed by atoms with Crippen LogP contribution in [0, 0.1) is 0 Å². The van der Waals surface area contributed by atoms with Crippen molar-refractivity contribution in [3.63, 3.8) is 0 Å². The fourth-order valence-corrected chi connectivity index (χ4v) is 14.5. The van der Waals surface area contributed by atoms with Gasteiger partial charge in [0.05, 0.1) is 69.2 Å². The van der Waals surface area contributed by atoms with Gasteiger partial charge in [-0.3, -0.25) is 28.3 Å². The van der Waals surface area contributed by atoms with Gasteiger partial charge in [0.1, 0.15) is 44.3 Å². The number of hydrogen-bond acceptors (Lipinski definition) is 28. The number of nitrogens with zero attached hydrogens (tertiary/aromatic N) is 13. The van der Waals surface area contributed by atoms with Crippen LogP contribution in [0.3, 0.4) is 0 Å². The lowest BCUT2D eigenvalue weighted by molar-refractivity contribution is -0.120. The van der Waals surface area contributed by atoms with Crippen LogP contribution in [0.1, 0.15) is 96.7 Å². The molecule has 0 unspecified atom stereocenters. The Morgan fingerprint density at radius 1 is 0.556 bits per heavy atom. The Balaban J connectivity index is 1.10. The summed E-state index contributed by atoms with van der Waals surface area (Å²) in [4.78, 5) is 86.8. The number of anilines is 10. The quantitative estimate of drug-likeness (QED) is 0.00608. The van der Waals surface area contributed by atoms with Crippen molar-refractivity contribution in [2.75, 3.05) is 113 Å². The number of para-hydroxylation sites is 2. The number of benzene rings is 4. The molecule has 6 N–H and O–H groups in total. The third-order valence-electron chi connectivity index (χ3n) is 15.9. The number of thioether (sulfide) groups is 1. The lowest BCUT2D eigenvalue weighted by Crippen LogP contribution is -2.30. The second-order valence-corrected chi connectivity index (χ2v) is 28.3. The van der Waals surface area contributed by atoms with Crippen LogP contribution in [0.5, 0.6) is 11.5 Å². The van der Waals surface area contributed by atoms with Crippen molar-refractivity contribution in [2.45, 2.75) is 102 Å². The van der Waals surface area contributed by atoms with E-state index in [9.17, 15) is 45.1 Å². The van der Waals surface area contributed by atoms with E-state index in [0.717, 1.165) is 84.7 Å². The van der Waals surface area contributed by atoms with E-state index in [1.807, 2.05) is 56.6 Å². The summed E-state index contributed by atoms with van der Waals surface area (Å²) in [5.74, 6) is -0.374. The van der Waals surface area contributed by atoms with Crippen LogP contribution in [0.4, 0.5) is 79.3 Å². The van der Waals surface area contributed by atoms with Gasteiger partial charge in [0, 0.05) is 64.5 Å². The minimum Gasteiger partial charge on any atom is -0.494 e. The highest BCUT2D eigenvalue weighted by atomic mass is 32.2. The minimum atomic E-state index is -4.74. The summed E-state index contributed by atoms with van der Waals surface area (Å²) < 4.78 is 80.7. The molecule has 99 heavy (non-hydrogen) atoms. The average Bonchev–Trinajstić information content (AvgIpc) is 1.53. The van der Waals surface area contributed by atoms with Gasteiger partial charge in [-0.15, -0.1) is 20.5 Å². The number of ketones is 2. The largest absolute Gasteiger partial charge is 0.494 e. The van der Waals surface area contributed by atoms with Crippen molar-refractivity contribution in [3.8, 4) is 11.5 Å². The van der Waals surface area contributed by atoms with Crippen LogP contribution >= 0.6 is 34.4 Å². The van der Waals surface area contributed by atoms with Gasteiger partial charge in [0.15, 0.2) is 16.7 Å². The Morgan fingerprint density at radius 3 is 1.28 bits per heavy atom. The van der Waals surface area contributed by atoms with Crippen molar-refractivity contribution in [2.24, 2.45) is 20.5 Å². The van der Waals surface area contributed by atoms with E-state index < -0.39 is 53.4 Å². The van der Waals surface area contributed by atoms with Gasteiger partial charge in [0.2, 0.25) is 22.2 Å². The molecule has 29 nitrogen and oxygen atoms in total.